The average molecular weight is 683 g/mol. The third kappa shape index (κ3) is 7.37. The number of carbonyl (C=O) groups excluding carboxylic acids is 2. The Morgan fingerprint density at radius 3 is 2.25 bits per heavy atom. The van der Waals surface area contributed by atoms with Crippen molar-refractivity contribution in [3.05, 3.63) is 112 Å². The van der Waals surface area contributed by atoms with Gasteiger partial charge in [0.1, 0.15) is 17.2 Å². The summed E-state index contributed by atoms with van der Waals surface area (Å²) in [4.78, 5) is 27.8. The van der Waals surface area contributed by atoms with Gasteiger partial charge in [-0.25, -0.2) is 5.01 Å². The molecule has 0 unspecified atom stereocenters. The molecule has 11 nitrogen and oxygen atoms in total. The largest absolute Gasteiger partial charge is 0.497 e. The number of methoxy groups -OCH3 is 2. The van der Waals surface area contributed by atoms with E-state index >= 15 is 0 Å². The first-order valence-corrected chi connectivity index (χ1v) is 17.1. The van der Waals surface area contributed by atoms with Gasteiger partial charge in [0.15, 0.2) is 11.0 Å². The van der Waals surface area contributed by atoms with Gasteiger partial charge in [0.2, 0.25) is 0 Å². The van der Waals surface area contributed by atoms with Crippen LogP contribution < -0.4 is 19.5 Å². The molecule has 0 bridgehead atoms. The van der Waals surface area contributed by atoms with Crippen LogP contribution in [-0.2, 0) is 11.3 Å². The van der Waals surface area contributed by atoms with Crippen molar-refractivity contribution in [2.45, 2.75) is 31.1 Å². The predicted molar refractivity (Wildman–Crippen MR) is 185 cm³/mol. The molecule has 3 heterocycles. The molecule has 1 aliphatic rings. The molecule has 1 N–H and O–H groups in total. The molecule has 0 saturated heterocycles. The highest BCUT2D eigenvalue weighted by Crippen LogP contribution is 2.35. The number of carbonyl (C=O) groups is 2. The summed E-state index contributed by atoms with van der Waals surface area (Å²) < 4.78 is 18.0. The molecular weight excluding hydrogens is 649 g/mol. The fraction of sp³-hybridized carbons (Fsp3) is 0.229. The zero-order valence-corrected chi connectivity index (χ0v) is 28.3. The lowest BCUT2D eigenvalue weighted by Gasteiger charge is -2.22. The topological polar surface area (TPSA) is 120 Å². The molecule has 5 aromatic rings. The third-order valence-corrected chi connectivity index (χ3v) is 9.49. The minimum Gasteiger partial charge on any atom is -0.497 e. The molecule has 48 heavy (non-hydrogen) atoms. The van der Waals surface area contributed by atoms with Gasteiger partial charge in [-0.05, 0) is 84.6 Å². The zero-order chi connectivity index (χ0) is 33.5. The van der Waals surface area contributed by atoms with E-state index in [4.69, 9.17) is 19.3 Å². The van der Waals surface area contributed by atoms with Crippen molar-refractivity contribution in [1.82, 2.24) is 25.1 Å². The molecule has 0 spiro atoms. The Morgan fingerprint density at radius 1 is 0.917 bits per heavy atom. The molecular formula is C35H34N6O5S2. The maximum Gasteiger partial charge on any atom is 0.253 e. The molecule has 1 aliphatic heterocycles. The number of hydrogen-bond donors (Lipinski definition) is 1. The Balaban J connectivity index is 1.23. The molecule has 2 amide bonds. The van der Waals surface area contributed by atoms with E-state index in [1.807, 2.05) is 77.5 Å². The number of rotatable bonds is 13. The van der Waals surface area contributed by atoms with Crippen molar-refractivity contribution < 1.29 is 23.8 Å². The van der Waals surface area contributed by atoms with E-state index in [2.05, 4.69) is 15.5 Å². The highest BCUT2D eigenvalue weighted by Gasteiger charge is 2.34. The second kappa shape index (κ2) is 15.2. The van der Waals surface area contributed by atoms with Crippen molar-refractivity contribution >= 4 is 40.6 Å². The molecule has 0 radical (unpaired) electrons. The molecule has 0 aliphatic carbocycles. The summed E-state index contributed by atoms with van der Waals surface area (Å²) in [5, 5.41) is 20.7. The second-order valence-corrected chi connectivity index (χ2v) is 12.5. The standard InChI is InChI=1S/C35H34N6O5S2/c1-4-46-28-17-11-25(12-18-28)40-32(21-36-34(43)24-9-15-27(45-3)16-10-24)37-38-35(40)48-22-33(42)41-30(23-7-13-26(44-2)14-8-23)20-29(39-41)31-6-5-19-47-31/h5-19,30H,4,20-22H2,1-3H3,(H,36,43)/t30-/m0/s1. The van der Waals surface area contributed by atoms with E-state index in [0.717, 1.165) is 33.3 Å². The van der Waals surface area contributed by atoms with Crippen molar-refractivity contribution in [3.63, 3.8) is 0 Å². The quantitative estimate of drug-likeness (QED) is 0.147. The molecule has 0 saturated carbocycles. The maximum atomic E-state index is 13.9. The summed E-state index contributed by atoms with van der Waals surface area (Å²) in [6.45, 7) is 2.58. The van der Waals surface area contributed by atoms with Gasteiger partial charge >= 0.3 is 0 Å². The van der Waals surface area contributed by atoms with Crippen LogP contribution in [0.5, 0.6) is 17.2 Å². The minimum absolute atomic E-state index is 0.0707. The van der Waals surface area contributed by atoms with E-state index in [-0.39, 0.29) is 30.2 Å². The van der Waals surface area contributed by atoms with Gasteiger partial charge in [-0.3, -0.25) is 14.2 Å². The molecule has 2 aromatic heterocycles. The SMILES string of the molecule is CCOc1ccc(-n2c(CNC(=O)c3ccc(OC)cc3)nnc2SCC(=O)N2N=C(c3cccs3)C[C@H]2c2ccc(OC)cc2)cc1. The molecule has 1 atom stereocenters. The summed E-state index contributed by atoms with van der Waals surface area (Å²) in [7, 11) is 3.20. The maximum absolute atomic E-state index is 13.9. The normalized spacial score (nSPS) is 14.0. The summed E-state index contributed by atoms with van der Waals surface area (Å²) in [5.74, 6) is 2.29. The molecule has 0 fully saturated rings. The Bertz CT molecular complexity index is 1870. The van der Waals surface area contributed by atoms with Crippen LogP contribution in [0.4, 0.5) is 0 Å². The number of hydrazone groups is 1. The van der Waals surface area contributed by atoms with Crippen molar-refractivity contribution in [2.75, 3.05) is 26.6 Å². The van der Waals surface area contributed by atoms with Crippen LogP contribution in [0.2, 0.25) is 0 Å². The van der Waals surface area contributed by atoms with Gasteiger partial charge in [-0.2, -0.15) is 5.10 Å². The summed E-state index contributed by atoms with van der Waals surface area (Å²) in [5.41, 5.74) is 3.10. The number of thioether (sulfide) groups is 1. The lowest BCUT2D eigenvalue weighted by atomic mass is 10.0. The van der Waals surface area contributed by atoms with Gasteiger partial charge < -0.3 is 19.5 Å². The van der Waals surface area contributed by atoms with E-state index in [9.17, 15) is 9.59 Å². The van der Waals surface area contributed by atoms with E-state index in [1.165, 1.54) is 11.8 Å². The van der Waals surface area contributed by atoms with Crippen LogP contribution >= 0.6 is 23.1 Å². The van der Waals surface area contributed by atoms with E-state index < -0.39 is 0 Å². The van der Waals surface area contributed by atoms with Crippen molar-refractivity contribution in [3.8, 4) is 22.9 Å². The zero-order valence-electron chi connectivity index (χ0n) is 26.7. The minimum atomic E-state index is -0.263. The first kappa shape index (κ1) is 32.8. The van der Waals surface area contributed by atoms with Crippen LogP contribution in [0, 0.1) is 0 Å². The first-order chi connectivity index (χ1) is 23.5. The lowest BCUT2D eigenvalue weighted by Crippen LogP contribution is -2.28. The second-order valence-electron chi connectivity index (χ2n) is 10.6. The number of nitrogens with zero attached hydrogens (tertiary/aromatic N) is 5. The number of nitrogens with one attached hydrogen (secondary N) is 1. The molecule has 6 rings (SSSR count). The summed E-state index contributed by atoms with van der Waals surface area (Å²) in [6.07, 6.45) is 0.601. The first-order valence-electron chi connectivity index (χ1n) is 15.3. The number of ether oxygens (including phenoxy) is 3. The van der Waals surface area contributed by atoms with E-state index in [1.54, 1.807) is 54.8 Å². The lowest BCUT2D eigenvalue weighted by molar-refractivity contribution is -0.130. The van der Waals surface area contributed by atoms with Crippen molar-refractivity contribution in [1.29, 1.82) is 0 Å². The van der Waals surface area contributed by atoms with Gasteiger partial charge in [-0.1, -0.05) is 30.0 Å². The molecule has 3 aromatic carbocycles. The van der Waals surface area contributed by atoms with Gasteiger partial charge in [0, 0.05) is 17.7 Å². The van der Waals surface area contributed by atoms with E-state index in [0.29, 0.717) is 35.3 Å². The highest BCUT2D eigenvalue weighted by molar-refractivity contribution is 7.99. The molecule has 246 valence electrons. The average Bonchev–Trinajstić information content (AvgIpc) is 3.91. The number of amides is 2. The molecule has 13 heteroatoms. The Labute approximate surface area is 286 Å². The van der Waals surface area contributed by atoms with Gasteiger partial charge in [0.25, 0.3) is 11.8 Å². The van der Waals surface area contributed by atoms with Gasteiger partial charge in [-0.15, -0.1) is 21.5 Å². The predicted octanol–water partition coefficient (Wildman–Crippen LogP) is 6.14. The fourth-order valence-corrected chi connectivity index (χ4v) is 6.78. The number of thiophene rings is 1. The van der Waals surface area contributed by atoms with Crippen LogP contribution in [-0.4, -0.2) is 63.9 Å². The Hall–Kier alpha value is -5.14. The van der Waals surface area contributed by atoms with Crippen LogP contribution in [0.25, 0.3) is 5.69 Å². The van der Waals surface area contributed by atoms with Crippen molar-refractivity contribution in [2.24, 2.45) is 5.10 Å². The monoisotopic (exact) mass is 682 g/mol. The fourth-order valence-electron chi connectivity index (χ4n) is 5.24. The summed E-state index contributed by atoms with van der Waals surface area (Å²) in [6, 6.07) is 25.9. The number of benzene rings is 3. The summed E-state index contributed by atoms with van der Waals surface area (Å²) >= 11 is 2.86. The van der Waals surface area contributed by atoms with Crippen LogP contribution in [0.3, 0.4) is 0 Å². The highest BCUT2D eigenvalue weighted by atomic mass is 32.2. The smallest absolute Gasteiger partial charge is 0.253 e. The number of hydrogen-bond acceptors (Lipinski definition) is 10. The van der Waals surface area contributed by atoms with Crippen LogP contribution in [0.15, 0.2) is 101 Å². The number of aromatic nitrogens is 3. The Kier molecular flexibility index (Phi) is 10.4. The van der Waals surface area contributed by atoms with Gasteiger partial charge in [0.05, 0.1) is 49.8 Å². The third-order valence-electron chi connectivity index (χ3n) is 7.66. The van der Waals surface area contributed by atoms with Crippen LogP contribution in [0.1, 0.15) is 46.0 Å². The Morgan fingerprint density at radius 2 is 1.60 bits per heavy atom.